The largest absolute Gasteiger partial charge is 0.508 e. The Balaban J connectivity index is 1.82. The van der Waals surface area contributed by atoms with Gasteiger partial charge in [0.05, 0.1) is 0 Å². The third-order valence-corrected chi connectivity index (χ3v) is 3.32. The van der Waals surface area contributed by atoms with Crippen LogP contribution in [0.15, 0.2) is 24.3 Å². The van der Waals surface area contributed by atoms with E-state index < -0.39 is 0 Å². The highest BCUT2D eigenvalue weighted by atomic mass is 16.3. The Hall–Kier alpha value is -1.06. The number of hydrogen-bond acceptors (Lipinski definition) is 3. The molecule has 94 valence electrons. The Labute approximate surface area is 104 Å². The first-order valence-corrected chi connectivity index (χ1v) is 6.50. The topological polar surface area (TPSA) is 26.7 Å². The quantitative estimate of drug-likeness (QED) is 0.862. The van der Waals surface area contributed by atoms with Gasteiger partial charge in [0.25, 0.3) is 0 Å². The molecule has 3 nitrogen and oxygen atoms in total. The molecule has 0 atom stereocenters. The summed E-state index contributed by atoms with van der Waals surface area (Å²) >= 11 is 0. The number of rotatable bonds is 4. The average Bonchev–Trinajstić information content (AvgIpc) is 2.32. The van der Waals surface area contributed by atoms with Gasteiger partial charge in [-0.3, -0.25) is 4.90 Å². The van der Waals surface area contributed by atoms with E-state index in [-0.39, 0.29) is 0 Å². The summed E-state index contributed by atoms with van der Waals surface area (Å²) in [5, 5.41) is 9.43. The lowest BCUT2D eigenvalue weighted by molar-refractivity contribution is 0.127. The number of aromatic hydroxyl groups is 1. The minimum absolute atomic E-state index is 0.368. The van der Waals surface area contributed by atoms with Crippen molar-refractivity contribution in [1.29, 1.82) is 0 Å². The molecule has 0 saturated carbocycles. The molecule has 3 heteroatoms. The lowest BCUT2D eigenvalue weighted by Crippen LogP contribution is -2.45. The highest BCUT2D eigenvalue weighted by Gasteiger charge is 2.15. The van der Waals surface area contributed by atoms with Gasteiger partial charge in [0.2, 0.25) is 0 Å². The van der Waals surface area contributed by atoms with Crippen molar-refractivity contribution < 1.29 is 5.11 Å². The molecule has 17 heavy (non-hydrogen) atoms. The zero-order valence-corrected chi connectivity index (χ0v) is 10.6. The van der Waals surface area contributed by atoms with Crippen LogP contribution in [0.1, 0.15) is 18.9 Å². The standard InChI is InChI=1S/C14H22N2O/c1-2-6-15-7-9-16(10-8-15)12-13-4-3-5-14(17)11-13/h3-5,11,17H,2,6-10,12H2,1H3. The molecule has 1 heterocycles. The van der Waals surface area contributed by atoms with Gasteiger partial charge in [0.1, 0.15) is 5.75 Å². The first kappa shape index (κ1) is 12.4. The molecule has 1 aromatic rings. The third-order valence-electron chi connectivity index (χ3n) is 3.32. The molecular formula is C14H22N2O. The van der Waals surface area contributed by atoms with E-state index in [0.29, 0.717) is 5.75 Å². The Morgan fingerprint density at radius 3 is 2.47 bits per heavy atom. The van der Waals surface area contributed by atoms with Crippen molar-refractivity contribution in [3.8, 4) is 5.75 Å². The summed E-state index contributed by atoms with van der Waals surface area (Å²) in [6.45, 7) is 9.03. The molecule has 0 radical (unpaired) electrons. The fraction of sp³-hybridized carbons (Fsp3) is 0.571. The molecule has 0 spiro atoms. The van der Waals surface area contributed by atoms with Crippen LogP contribution >= 0.6 is 0 Å². The van der Waals surface area contributed by atoms with Gasteiger partial charge < -0.3 is 10.0 Å². The van der Waals surface area contributed by atoms with E-state index in [2.05, 4.69) is 22.8 Å². The van der Waals surface area contributed by atoms with Gasteiger partial charge in [-0.15, -0.1) is 0 Å². The summed E-state index contributed by atoms with van der Waals surface area (Å²) in [6.07, 6.45) is 1.24. The van der Waals surface area contributed by atoms with Crippen LogP contribution in [0, 0.1) is 0 Å². The van der Waals surface area contributed by atoms with Crippen LogP contribution in [-0.4, -0.2) is 47.6 Å². The molecular weight excluding hydrogens is 212 g/mol. The lowest BCUT2D eigenvalue weighted by Gasteiger charge is -2.34. The van der Waals surface area contributed by atoms with Crippen molar-refractivity contribution in [2.45, 2.75) is 19.9 Å². The Morgan fingerprint density at radius 2 is 1.82 bits per heavy atom. The SMILES string of the molecule is CCCN1CCN(Cc2cccc(O)c2)CC1. The second-order valence-corrected chi connectivity index (χ2v) is 4.79. The van der Waals surface area contributed by atoms with Crippen LogP contribution in [0.25, 0.3) is 0 Å². The van der Waals surface area contributed by atoms with Gasteiger partial charge in [-0.05, 0) is 30.7 Å². The highest BCUT2D eigenvalue weighted by molar-refractivity contribution is 5.27. The van der Waals surface area contributed by atoms with Crippen molar-refractivity contribution in [3.05, 3.63) is 29.8 Å². The molecule has 0 aliphatic carbocycles. The summed E-state index contributed by atoms with van der Waals surface area (Å²) in [5.74, 6) is 0.368. The zero-order chi connectivity index (χ0) is 12.1. The third kappa shape index (κ3) is 3.72. The van der Waals surface area contributed by atoms with E-state index in [1.807, 2.05) is 12.1 Å². The molecule has 1 fully saturated rings. The monoisotopic (exact) mass is 234 g/mol. The molecule has 0 amide bonds. The van der Waals surface area contributed by atoms with Crippen molar-refractivity contribution >= 4 is 0 Å². The van der Waals surface area contributed by atoms with Crippen LogP contribution in [0.4, 0.5) is 0 Å². The molecule has 1 aliphatic rings. The summed E-state index contributed by atoms with van der Waals surface area (Å²) in [7, 11) is 0. The smallest absolute Gasteiger partial charge is 0.115 e. The normalized spacial score (nSPS) is 18.4. The number of nitrogens with zero attached hydrogens (tertiary/aromatic N) is 2. The van der Waals surface area contributed by atoms with Crippen LogP contribution in [0.5, 0.6) is 5.75 Å². The Kier molecular flexibility index (Phi) is 4.40. The first-order chi connectivity index (χ1) is 8.28. The Morgan fingerprint density at radius 1 is 1.12 bits per heavy atom. The van der Waals surface area contributed by atoms with Crippen molar-refractivity contribution in [2.75, 3.05) is 32.7 Å². The van der Waals surface area contributed by atoms with Gasteiger partial charge in [0.15, 0.2) is 0 Å². The molecule has 1 aliphatic heterocycles. The summed E-state index contributed by atoms with van der Waals surface area (Å²) in [5.41, 5.74) is 1.20. The number of benzene rings is 1. The van der Waals surface area contributed by atoms with Crippen LogP contribution in [0.3, 0.4) is 0 Å². The maximum atomic E-state index is 9.43. The fourth-order valence-electron chi connectivity index (χ4n) is 2.40. The van der Waals surface area contributed by atoms with Gasteiger partial charge in [-0.25, -0.2) is 0 Å². The average molecular weight is 234 g/mol. The highest BCUT2D eigenvalue weighted by Crippen LogP contribution is 2.14. The van der Waals surface area contributed by atoms with Crippen LogP contribution in [0.2, 0.25) is 0 Å². The second kappa shape index (κ2) is 6.03. The van der Waals surface area contributed by atoms with Crippen LogP contribution in [-0.2, 0) is 6.54 Å². The van der Waals surface area contributed by atoms with Crippen LogP contribution < -0.4 is 0 Å². The van der Waals surface area contributed by atoms with Gasteiger partial charge in [-0.1, -0.05) is 19.1 Å². The zero-order valence-electron chi connectivity index (χ0n) is 10.6. The van der Waals surface area contributed by atoms with E-state index in [0.717, 1.165) is 19.6 Å². The van der Waals surface area contributed by atoms with E-state index in [9.17, 15) is 5.11 Å². The molecule has 2 rings (SSSR count). The van der Waals surface area contributed by atoms with Crippen molar-refractivity contribution in [3.63, 3.8) is 0 Å². The molecule has 0 unspecified atom stereocenters. The van der Waals surface area contributed by atoms with Gasteiger partial charge in [-0.2, -0.15) is 0 Å². The molecule has 1 N–H and O–H groups in total. The molecule has 1 saturated heterocycles. The molecule has 1 aromatic carbocycles. The minimum atomic E-state index is 0.368. The van der Waals surface area contributed by atoms with Crippen molar-refractivity contribution in [1.82, 2.24) is 9.80 Å². The minimum Gasteiger partial charge on any atom is -0.508 e. The molecule has 0 aromatic heterocycles. The van der Waals surface area contributed by atoms with Gasteiger partial charge >= 0.3 is 0 Å². The predicted octanol–water partition coefficient (Wildman–Crippen LogP) is 1.92. The lowest BCUT2D eigenvalue weighted by atomic mass is 10.2. The van der Waals surface area contributed by atoms with E-state index in [4.69, 9.17) is 0 Å². The number of hydrogen-bond donors (Lipinski definition) is 1. The number of phenolic OH excluding ortho intramolecular Hbond substituents is 1. The maximum Gasteiger partial charge on any atom is 0.115 e. The maximum absolute atomic E-state index is 9.43. The van der Waals surface area contributed by atoms with E-state index in [1.54, 1.807) is 6.07 Å². The number of piperazine rings is 1. The fourth-order valence-corrected chi connectivity index (χ4v) is 2.40. The second-order valence-electron chi connectivity index (χ2n) is 4.79. The summed E-state index contributed by atoms with van der Waals surface area (Å²) in [4.78, 5) is 4.99. The molecule has 0 bridgehead atoms. The Bertz CT molecular complexity index is 346. The van der Waals surface area contributed by atoms with Crippen molar-refractivity contribution in [2.24, 2.45) is 0 Å². The number of phenols is 1. The summed E-state index contributed by atoms with van der Waals surface area (Å²) < 4.78 is 0. The first-order valence-electron chi connectivity index (χ1n) is 6.50. The van der Waals surface area contributed by atoms with Gasteiger partial charge in [0, 0.05) is 32.7 Å². The van der Waals surface area contributed by atoms with E-state index in [1.165, 1.54) is 31.6 Å². The summed E-state index contributed by atoms with van der Waals surface area (Å²) in [6, 6.07) is 7.58. The predicted molar refractivity (Wildman–Crippen MR) is 70.1 cm³/mol. The van der Waals surface area contributed by atoms with E-state index >= 15 is 0 Å².